The molecule has 4 N–H and O–H groups in total. The Hall–Kier alpha value is -1.85. The van der Waals surface area contributed by atoms with Gasteiger partial charge in [-0.1, -0.05) is 0 Å². The van der Waals surface area contributed by atoms with Crippen LogP contribution < -0.4 is 16.4 Å². The molecule has 1 amide bonds. The Morgan fingerprint density at radius 3 is 2.53 bits per heavy atom. The number of primary amides is 1. The maximum atomic E-state index is 11.1. The molecule has 0 atom stereocenters. The van der Waals surface area contributed by atoms with Crippen LogP contribution in [0.5, 0.6) is 0 Å². The second-order valence-electron chi connectivity index (χ2n) is 3.65. The molecule has 0 saturated heterocycles. The number of rotatable bonds is 4. The fraction of sp³-hybridized carbons (Fsp3) is 0.444. The molecular formula is C9H15N5O. The molecule has 0 fully saturated rings. The second kappa shape index (κ2) is 4.12. The number of nitrogens with zero attached hydrogens (tertiary/aromatic N) is 2. The van der Waals surface area contributed by atoms with E-state index < -0.39 is 11.4 Å². The zero-order chi connectivity index (χ0) is 11.5. The third-order valence-corrected chi connectivity index (χ3v) is 1.98. The zero-order valence-electron chi connectivity index (χ0n) is 9.03. The van der Waals surface area contributed by atoms with Gasteiger partial charge in [0.05, 0.1) is 0 Å². The van der Waals surface area contributed by atoms with Gasteiger partial charge in [0.2, 0.25) is 5.91 Å². The number of hydrogen-bond donors (Lipinski definition) is 3. The molecule has 6 nitrogen and oxygen atoms in total. The lowest BCUT2D eigenvalue weighted by Crippen LogP contribution is -2.45. The van der Waals surface area contributed by atoms with E-state index in [4.69, 9.17) is 5.73 Å². The smallest absolute Gasteiger partial charge is 0.242 e. The van der Waals surface area contributed by atoms with Crippen LogP contribution in [0.15, 0.2) is 12.4 Å². The number of anilines is 2. The number of aromatic nitrogens is 2. The third-order valence-electron chi connectivity index (χ3n) is 1.98. The Morgan fingerprint density at radius 1 is 1.40 bits per heavy atom. The summed E-state index contributed by atoms with van der Waals surface area (Å²) in [4.78, 5) is 19.0. The molecule has 6 heteroatoms. The van der Waals surface area contributed by atoms with Gasteiger partial charge >= 0.3 is 0 Å². The number of nitrogens with one attached hydrogen (secondary N) is 2. The highest BCUT2D eigenvalue weighted by Gasteiger charge is 2.24. The predicted molar refractivity (Wildman–Crippen MR) is 58.5 cm³/mol. The van der Waals surface area contributed by atoms with E-state index in [2.05, 4.69) is 20.6 Å². The van der Waals surface area contributed by atoms with Gasteiger partial charge in [0, 0.05) is 13.1 Å². The van der Waals surface area contributed by atoms with Crippen molar-refractivity contribution < 1.29 is 4.79 Å². The average Bonchev–Trinajstić information content (AvgIpc) is 2.17. The normalized spacial score (nSPS) is 10.9. The quantitative estimate of drug-likeness (QED) is 0.658. The Balaban J connectivity index is 2.85. The van der Waals surface area contributed by atoms with Crippen LogP contribution in [0.3, 0.4) is 0 Å². The molecule has 82 valence electrons. The van der Waals surface area contributed by atoms with Crippen molar-refractivity contribution in [3.05, 3.63) is 12.4 Å². The molecule has 1 aromatic heterocycles. The van der Waals surface area contributed by atoms with E-state index in [1.807, 2.05) is 0 Å². The summed E-state index contributed by atoms with van der Waals surface area (Å²) in [5.41, 5.74) is 4.39. The zero-order valence-corrected chi connectivity index (χ0v) is 9.03. The van der Waals surface area contributed by atoms with Gasteiger partial charge in [0.1, 0.15) is 23.5 Å². The summed E-state index contributed by atoms with van der Waals surface area (Å²) in [6.45, 7) is 3.38. The molecule has 0 unspecified atom stereocenters. The van der Waals surface area contributed by atoms with Crippen LogP contribution in [0.2, 0.25) is 0 Å². The highest BCUT2D eigenvalue weighted by Crippen LogP contribution is 2.14. The predicted octanol–water partition coefficient (Wildman–Crippen LogP) is 0.194. The molecule has 0 saturated carbocycles. The van der Waals surface area contributed by atoms with Crippen LogP contribution in [0.1, 0.15) is 13.8 Å². The van der Waals surface area contributed by atoms with Gasteiger partial charge < -0.3 is 16.4 Å². The average molecular weight is 209 g/mol. The number of amides is 1. The van der Waals surface area contributed by atoms with Crippen molar-refractivity contribution in [1.29, 1.82) is 0 Å². The molecule has 0 radical (unpaired) electrons. The lowest BCUT2D eigenvalue weighted by atomic mass is 10.1. The standard InChI is InChI=1S/C9H15N5O/c1-9(2,8(10)15)14-7-4-6(11-3)12-5-13-7/h4-5H,1-3H3,(H2,10,15)(H2,11,12,13,14). The van der Waals surface area contributed by atoms with E-state index in [9.17, 15) is 4.79 Å². The van der Waals surface area contributed by atoms with Gasteiger partial charge in [-0.3, -0.25) is 4.79 Å². The van der Waals surface area contributed by atoms with Crippen molar-refractivity contribution in [2.45, 2.75) is 19.4 Å². The third kappa shape index (κ3) is 2.80. The summed E-state index contributed by atoms with van der Waals surface area (Å²) < 4.78 is 0. The van der Waals surface area contributed by atoms with E-state index >= 15 is 0 Å². The SMILES string of the molecule is CNc1cc(NC(C)(C)C(N)=O)ncn1. The fourth-order valence-electron chi connectivity index (χ4n) is 0.944. The van der Waals surface area contributed by atoms with Crippen molar-refractivity contribution >= 4 is 17.5 Å². The Kier molecular flexibility index (Phi) is 3.08. The first-order valence-electron chi connectivity index (χ1n) is 4.53. The summed E-state index contributed by atoms with van der Waals surface area (Å²) in [6.07, 6.45) is 1.41. The minimum Gasteiger partial charge on any atom is -0.373 e. The molecule has 0 spiro atoms. The lowest BCUT2D eigenvalue weighted by molar-refractivity contribution is -0.121. The molecule has 0 aliphatic carbocycles. The fourth-order valence-corrected chi connectivity index (χ4v) is 0.944. The minimum atomic E-state index is -0.834. The van der Waals surface area contributed by atoms with Gasteiger partial charge in [-0.05, 0) is 13.8 Å². The van der Waals surface area contributed by atoms with Gasteiger partial charge in [-0.25, -0.2) is 9.97 Å². The maximum absolute atomic E-state index is 11.1. The van der Waals surface area contributed by atoms with Gasteiger partial charge in [-0.2, -0.15) is 0 Å². The largest absolute Gasteiger partial charge is 0.373 e. The highest BCUT2D eigenvalue weighted by molar-refractivity contribution is 5.86. The Morgan fingerprint density at radius 2 is 2.00 bits per heavy atom. The van der Waals surface area contributed by atoms with Crippen LogP contribution in [-0.4, -0.2) is 28.5 Å². The maximum Gasteiger partial charge on any atom is 0.242 e. The molecule has 0 aromatic carbocycles. The van der Waals surface area contributed by atoms with Crippen LogP contribution in [-0.2, 0) is 4.79 Å². The van der Waals surface area contributed by atoms with Gasteiger partial charge in [-0.15, -0.1) is 0 Å². The van der Waals surface area contributed by atoms with E-state index in [0.29, 0.717) is 11.6 Å². The number of hydrogen-bond acceptors (Lipinski definition) is 5. The molecule has 0 bridgehead atoms. The van der Waals surface area contributed by atoms with Crippen molar-refractivity contribution in [2.24, 2.45) is 5.73 Å². The number of carbonyl (C=O) groups excluding carboxylic acids is 1. The molecule has 0 aliphatic heterocycles. The molecular weight excluding hydrogens is 194 g/mol. The number of nitrogens with two attached hydrogens (primary N) is 1. The van der Waals surface area contributed by atoms with Crippen molar-refractivity contribution in [1.82, 2.24) is 9.97 Å². The first-order chi connectivity index (χ1) is 6.95. The Bertz CT molecular complexity index is 363. The summed E-state index contributed by atoms with van der Waals surface area (Å²) in [5.74, 6) is 0.790. The first-order valence-corrected chi connectivity index (χ1v) is 4.53. The summed E-state index contributed by atoms with van der Waals surface area (Å²) >= 11 is 0. The monoisotopic (exact) mass is 209 g/mol. The van der Waals surface area contributed by atoms with E-state index in [1.54, 1.807) is 27.0 Å². The molecule has 1 rings (SSSR count). The van der Waals surface area contributed by atoms with Crippen molar-refractivity contribution in [3.63, 3.8) is 0 Å². The first kappa shape index (κ1) is 11.2. The second-order valence-corrected chi connectivity index (χ2v) is 3.65. The summed E-state index contributed by atoms with van der Waals surface area (Å²) in [5, 5.41) is 5.80. The topological polar surface area (TPSA) is 92.9 Å². The van der Waals surface area contributed by atoms with Crippen LogP contribution >= 0.6 is 0 Å². The molecule has 1 heterocycles. The van der Waals surface area contributed by atoms with E-state index in [0.717, 1.165) is 0 Å². The minimum absolute atomic E-state index is 0.438. The summed E-state index contributed by atoms with van der Waals surface area (Å²) in [7, 11) is 1.76. The van der Waals surface area contributed by atoms with Gasteiger partial charge in [0.15, 0.2) is 0 Å². The van der Waals surface area contributed by atoms with Crippen LogP contribution in [0.25, 0.3) is 0 Å². The molecule has 15 heavy (non-hydrogen) atoms. The lowest BCUT2D eigenvalue weighted by Gasteiger charge is -2.22. The van der Waals surface area contributed by atoms with E-state index in [-0.39, 0.29) is 0 Å². The molecule has 0 aliphatic rings. The van der Waals surface area contributed by atoms with Gasteiger partial charge in [0.25, 0.3) is 0 Å². The van der Waals surface area contributed by atoms with Crippen molar-refractivity contribution in [2.75, 3.05) is 17.7 Å². The molecule has 1 aromatic rings. The van der Waals surface area contributed by atoms with Crippen molar-refractivity contribution in [3.8, 4) is 0 Å². The number of carbonyl (C=O) groups is 1. The Labute approximate surface area is 88.3 Å². The van der Waals surface area contributed by atoms with Crippen LogP contribution in [0, 0.1) is 0 Å². The summed E-state index contributed by atoms with van der Waals surface area (Å²) in [6, 6.07) is 1.70. The van der Waals surface area contributed by atoms with E-state index in [1.165, 1.54) is 6.33 Å². The van der Waals surface area contributed by atoms with Crippen LogP contribution in [0.4, 0.5) is 11.6 Å². The highest BCUT2D eigenvalue weighted by atomic mass is 16.1.